The molecule has 4 rings (SSSR count). The van der Waals surface area contributed by atoms with E-state index >= 15 is 0 Å². The van der Waals surface area contributed by atoms with Crippen molar-refractivity contribution in [3.8, 4) is 5.75 Å². The van der Waals surface area contributed by atoms with Crippen LogP contribution in [0.5, 0.6) is 5.75 Å². The number of aromatic nitrogens is 2. The smallest absolute Gasteiger partial charge is 0.124 e. The first-order chi connectivity index (χ1) is 8.84. The molecule has 0 bridgehead atoms. The molecular formula is C14H8N2OS. The fourth-order valence-corrected chi connectivity index (χ4v) is 3.14. The Labute approximate surface area is 106 Å². The molecule has 1 N–H and O–H groups in total. The fraction of sp³-hybridized carbons (Fsp3) is 0. The number of fused-ring (bicyclic) bond motifs is 5. The van der Waals surface area contributed by atoms with Crippen molar-refractivity contribution in [3.05, 3.63) is 42.7 Å². The van der Waals surface area contributed by atoms with Crippen LogP contribution >= 0.6 is 11.5 Å². The molecule has 2 heterocycles. The molecule has 0 saturated heterocycles. The fourth-order valence-electron chi connectivity index (χ4n) is 2.35. The van der Waals surface area contributed by atoms with E-state index in [4.69, 9.17) is 0 Å². The third-order valence-corrected chi connectivity index (χ3v) is 4.00. The SMILES string of the molecule is Oc1cccc2snc3ccc4cncc4c3c12. The maximum atomic E-state index is 10.1. The number of phenols is 1. The molecule has 0 unspecified atom stereocenters. The van der Waals surface area contributed by atoms with Gasteiger partial charge in [-0.25, -0.2) is 0 Å². The van der Waals surface area contributed by atoms with E-state index in [0.717, 1.165) is 31.8 Å². The van der Waals surface area contributed by atoms with Crippen LogP contribution in [0.2, 0.25) is 0 Å². The average molecular weight is 252 g/mol. The van der Waals surface area contributed by atoms with Gasteiger partial charge in [0.2, 0.25) is 0 Å². The topological polar surface area (TPSA) is 46.0 Å². The van der Waals surface area contributed by atoms with Gasteiger partial charge in [0, 0.05) is 33.9 Å². The Balaban J connectivity index is 2.42. The molecule has 0 fully saturated rings. The Hall–Kier alpha value is -2.20. The summed E-state index contributed by atoms with van der Waals surface area (Å²) < 4.78 is 5.47. The normalized spacial score (nSPS) is 11.6. The zero-order chi connectivity index (χ0) is 12.1. The van der Waals surface area contributed by atoms with Crippen LogP contribution in [0.1, 0.15) is 0 Å². The number of benzene rings is 2. The average Bonchev–Trinajstić information content (AvgIpc) is 2.86. The maximum absolute atomic E-state index is 10.1. The molecule has 0 saturated carbocycles. The van der Waals surface area contributed by atoms with Gasteiger partial charge in [-0.2, -0.15) is 4.37 Å². The lowest BCUT2D eigenvalue weighted by atomic mass is 10.1. The maximum Gasteiger partial charge on any atom is 0.124 e. The molecule has 0 amide bonds. The Morgan fingerprint density at radius 3 is 2.89 bits per heavy atom. The van der Waals surface area contributed by atoms with E-state index in [9.17, 15) is 5.11 Å². The lowest BCUT2D eigenvalue weighted by molar-refractivity contribution is 0.482. The summed E-state index contributed by atoms with van der Waals surface area (Å²) in [7, 11) is 0. The first-order valence-corrected chi connectivity index (χ1v) is 6.36. The van der Waals surface area contributed by atoms with Gasteiger partial charge in [-0.15, -0.1) is 0 Å². The molecule has 0 atom stereocenters. The first kappa shape index (κ1) is 9.79. The summed E-state index contributed by atoms with van der Waals surface area (Å²) in [6.45, 7) is 0. The van der Waals surface area contributed by atoms with Crippen molar-refractivity contribution < 1.29 is 5.11 Å². The monoisotopic (exact) mass is 252 g/mol. The van der Waals surface area contributed by atoms with E-state index in [-0.39, 0.29) is 0 Å². The lowest BCUT2D eigenvalue weighted by Crippen LogP contribution is -1.80. The summed E-state index contributed by atoms with van der Waals surface area (Å²) >= 11 is 1.40. The van der Waals surface area contributed by atoms with E-state index < -0.39 is 0 Å². The molecule has 18 heavy (non-hydrogen) atoms. The summed E-state index contributed by atoms with van der Waals surface area (Å²) in [5, 5.41) is 14.1. The molecular weight excluding hydrogens is 244 g/mol. The largest absolute Gasteiger partial charge is 0.507 e. The van der Waals surface area contributed by atoms with Crippen LogP contribution in [0.4, 0.5) is 0 Å². The predicted octanol–water partition coefficient (Wildman–Crippen LogP) is 3.70. The molecule has 0 spiro atoms. The van der Waals surface area contributed by atoms with Crippen molar-refractivity contribution in [3.63, 3.8) is 0 Å². The second-order valence-corrected chi connectivity index (χ2v) is 5.01. The molecule has 0 aliphatic carbocycles. The van der Waals surface area contributed by atoms with Gasteiger partial charge in [-0.3, -0.25) is 4.98 Å². The van der Waals surface area contributed by atoms with Crippen molar-refractivity contribution in [1.82, 2.24) is 9.36 Å². The summed E-state index contributed by atoms with van der Waals surface area (Å²) in [5.41, 5.74) is 0.898. The van der Waals surface area contributed by atoms with E-state index in [1.165, 1.54) is 11.5 Å². The Kier molecular flexibility index (Phi) is 1.85. The highest BCUT2D eigenvalue weighted by atomic mass is 32.1. The van der Waals surface area contributed by atoms with Crippen molar-refractivity contribution in [1.29, 1.82) is 0 Å². The second-order valence-electron chi connectivity index (χ2n) is 4.20. The highest BCUT2D eigenvalue weighted by Crippen LogP contribution is 2.36. The van der Waals surface area contributed by atoms with Crippen LogP contribution in [0, 0.1) is 0 Å². The molecule has 0 aliphatic rings. The standard InChI is InChI=1S/C14H8N2OS/c17-11-2-1-3-12-14(11)13-9-7-15-6-8(9)4-5-10(13)16-18-12/h1-7,17H. The van der Waals surface area contributed by atoms with Crippen LogP contribution in [0.15, 0.2) is 42.7 Å². The van der Waals surface area contributed by atoms with Crippen molar-refractivity contribution >= 4 is 43.3 Å². The summed E-state index contributed by atoms with van der Waals surface area (Å²) in [6, 6.07) is 9.51. The third kappa shape index (κ3) is 1.18. The van der Waals surface area contributed by atoms with Crippen LogP contribution in [0.25, 0.3) is 31.8 Å². The Morgan fingerprint density at radius 1 is 1.00 bits per heavy atom. The number of phenolic OH excluding ortho intramolecular Hbond substituents is 1. The van der Waals surface area contributed by atoms with Gasteiger partial charge >= 0.3 is 0 Å². The zero-order valence-electron chi connectivity index (χ0n) is 9.29. The van der Waals surface area contributed by atoms with Gasteiger partial charge in [0.25, 0.3) is 0 Å². The molecule has 0 radical (unpaired) electrons. The quantitative estimate of drug-likeness (QED) is 0.485. The summed E-state index contributed by atoms with van der Waals surface area (Å²) in [5.74, 6) is 0.296. The minimum atomic E-state index is 0.296. The number of hydrogen-bond donors (Lipinski definition) is 1. The molecule has 0 aliphatic heterocycles. The molecule has 4 heteroatoms. The molecule has 3 nitrogen and oxygen atoms in total. The molecule has 2 aromatic heterocycles. The van der Waals surface area contributed by atoms with Gasteiger partial charge in [-0.1, -0.05) is 12.1 Å². The van der Waals surface area contributed by atoms with Gasteiger partial charge in [0.1, 0.15) is 5.75 Å². The number of nitrogens with zero attached hydrogens (tertiary/aromatic N) is 2. The van der Waals surface area contributed by atoms with Crippen LogP contribution in [-0.4, -0.2) is 14.5 Å². The summed E-state index contributed by atoms with van der Waals surface area (Å²) in [4.78, 5) is 4.18. The van der Waals surface area contributed by atoms with Crippen molar-refractivity contribution in [2.45, 2.75) is 0 Å². The Morgan fingerprint density at radius 2 is 1.94 bits per heavy atom. The van der Waals surface area contributed by atoms with E-state index in [2.05, 4.69) is 9.36 Å². The second kappa shape index (κ2) is 3.40. The van der Waals surface area contributed by atoms with Gasteiger partial charge in [0.15, 0.2) is 0 Å². The molecule has 4 aromatic rings. The van der Waals surface area contributed by atoms with Crippen LogP contribution in [0.3, 0.4) is 0 Å². The van der Waals surface area contributed by atoms with E-state index in [0.29, 0.717) is 5.75 Å². The van der Waals surface area contributed by atoms with E-state index in [1.807, 2.05) is 36.7 Å². The minimum Gasteiger partial charge on any atom is -0.507 e. The predicted molar refractivity (Wildman–Crippen MR) is 74.1 cm³/mol. The zero-order valence-corrected chi connectivity index (χ0v) is 10.1. The highest BCUT2D eigenvalue weighted by Gasteiger charge is 2.10. The van der Waals surface area contributed by atoms with Gasteiger partial charge in [-0.05, 0) is 29.7 Å². The van der Waals surface area contributed by atoms with E-state index in [1.54, 1.807) is 6.07 Å². The first-order valence-electron chi connectivity index (χ1n) is 5.58. The number of rotatable bonds is 0. The van der Waals surface area contributed by atoms with Gasteiger partial charge in [0.05, 0.1) is 10.2 Å². The van der Waals surface area contributed by atoms with Crippen molar-refractivity contribution in [2.75, 3.05) is 0 Å². The lowest BCUT2D eigenvalue weighted by Gasteiger charge is -2.05. The number of hydrogen-bond acceptors (Lipinski definition) is 4. The van der Waals surface area contributed by atoms with Crippen LogP contribution < -0.4 is 0 Å². The van der Waals surface area contributed by atoms with Crippen molar-refractivity contribution in [2.24, 2.45) is 0 Å². The Bertz CT molecular complexity index is 898. The highest BCUT2D eigenvalue weighted by molar-refractivity contribution is 7.13. The molecule has 2 aromatic carbocycles. The molecule has 86 valence electrons. The van der Waals surface area contributed by atoms with Crippen LogP contribution in [-0.2, 0) is 0 Å². The summed E-state index contributed by atoms with van der Waals surface area (Å²) in [6.07, 6.45) is 3.66. The van der Waals surface area contributed by atoms with Gasteiger partial charge < -0.3 is 5.11 Å². The minimum absolute atomic E-state index is 0.296. The third-order valence-electron chi connectivity index (χ3n) is 3.17. The number of aromatic hydroxyl groups is 1.